The van der Waals surface area contributed by atoms with Crippen LogP contribution < -0.4 is 11.1 Å². The van der Waals surface area contributed by atoms with Crippen molar-refractivity contribution < 1.29 is 0 Å². The molecule has 104 valence electrons. The molecule has 0 bridgehead atoms. The Morgan fingerprint density at radius 1 is 0.941 bits per heavy atom. The molecule has 3 N–H and O–H groups in total. The molecule has 0 spiro atoms. The number of hydrogen-bond acceptors (Lipinski definition) is 3. The first-order chi connectivity index (χ1) is 7.67. The van der Waals surface area contributed by atoms with Crippen molar-refractivity contribution in [3.05, 3.63) is 0 Å². The molecule has 0 fully saturated rings. The number of nitrogens with two attached hydrogens (primary N) is 1. The van der Waals surface area contributed by atoms with Gasteiger partial charge in [0.15, 0.2) is 0 Å². The molecule has 0 unspecified atom stereocenters. The van der Waals surface area contributed by atoms with Crippen molar-refractivity contribution >= 4 is 0 Å². The number of nitrogens with zero attached hydrogens (tertiary/aromatic N) is 1. The van der Waals surface area contributed by atoms with E-state index in [4.69, 9.17) is 5.73 Å². The maximum atomic E-state index is 5.65. The maximum absolute atomic E-state index is 5.65. The smallest absolute Gasteiger partial charge is 0.0126 e. The van der Waals surface area contributed by atoms with Crippen molar-refractivity contribution in [3.63, 3.8) is 0 Å². The molecule has 0 saturated heterocycles. The van der Waals surface area contributed by atoms with Crippen LogP contribution in [0.15, 0.2) is 0 Å². The fourth-order valence-electron chi connectivity index (χ4n) is 1.74. The molecule has 0 saturated carbocycles. The van der Waals surface area contributed by atoms with Gasteiger partial charge < -0.3 is 11.1 Å². The molecule has 0 aliphatic carbocycles. The molecule has 3 heteroatoms. The van der Waals surface area contributed by atoms with Gasteiger partial charge in [0.1, 0.15) is 0 Å². The van der Waals surface area contributed by atoms with Crippen LogP contribution in [0.25, 0.3) is 0 Å². The summed E-state index contributed by atoms with van der Waals surface area (Å²) in [6.45, 7) is 18.5. The Hall–Kier alpha value is -0.120. The summed E-state index contributed by atoms with van der Waals surface area (Å²) in [6, 6.07) is 0. The van der Waals surface area contributed by atoms with E-state index < -0.39 is 0 Å². The number of rotatable bonds is 7. The zero-order chi connectivity index (χ0) is 13.5. The van der Waals surface area contributed by atoms with Crippen LogP contribution in [0.3, 0.4) is 0 Å². The second-order valence-electron chi connectivity index (χ2n) is 7.01. The van der Waals surface area contributed by atoms with Gasteiger partial charge in [0.05, 0.1) is 0 Å². The second-order valence-corrected chi connectivity index (χ2v) is 7.01. The van der Waals surface area contributed by atoms with Gasteiger partial charge in [0.2, 0.25) is 0 Å². The lowest BCUT2D eigenvalue weighted by Gasteiger charge is -2.35. The predicted molar refractivity (Wildman–Crippen MR) is 77.3 cm³/mol. The summed E-state index contributed by atoms with van der Waals surface area (Å²) >= 11 is 0. The van der Waals surface area contributed by atoms with Gasteiger partial charge in [-0.2, -0.15) is 0 Å². The fourth-order valence-corrected chi connectivity index (χ4v) is 1.74. The average Bonchev–Trinajstić information content (AvgIpc) is 2.12. The van der Waals surface area contributed by atoms with Gasteiger partial charge in [-0.25, -0.2) is 0 Å². The van der Waals surface area contributed by atoms with Crippen molar-refractivity contribution in [3.8, 4) is 0 Å². The van der Waals surface area contributed by atoms with Crippen LogP contribution in [0.4, 0.5) is 0 Å². The van der Waals surface area contributed by atoms with E-state index in [0.717, 1.165) is 32.7 Å². The van der Waals surface area contributed by atoms with Crippen LogP contribution >= 0.6 is 0 Å². The summed E-state index contributed by atoms with van der Waals surface area (Å²) in [6.07, 6.45) is 1.22. The summed E-state index contributed by atoms with van der Waals surface area (Å²) in [5.41, 5.74) is 6.29. The fraction of sp³-hybridized carbons (Fsp3) is 1.00. The molecule has 0 aromatic rings. The van der Waals surface area contributed by atoms with Crippen LogP contribution in [-0.4, -0.2) is 43.2 Å². The van der Waals surface area contributed by atoms with Crippen molar-refractivity contribution in [1.82, 2.24) is 10.2 Å². The summed E-state index contributed by atoms with van der Waals surface area (Å²) in [7, 11) is 0. The van der Waals surface area contributed by atoms with Gasteiger partial charge in [-0.15, -0.1) is 0 Å². The molecule has 0 amide bonds. The lowest BCUT2D eigenvalue weighted by Crippen LogP contribution is -2.47. The quantitative estimate of drug-likeness (QED) is 0.673. The lowest BCUT2D eigenvalue weighted by molar-refractivity contribution is 0.141. The highest BCUT2D eigenvalue weighted by molar-refractivity contribution is 4.77. The SMILES string of the molecule is CC(C)(C)CCNCCN(CCN)C(C)(C)C. The first-order valence-corrected chi connectivity index (χ1v) is 6.82. The van der Waals surface area contributed by atoms with Gasteiger partial charge in [0, 0.05) is 31.7 Å². The molecule has 0 aliphatic rings. The first-order valence-electron chi connectivity index (χ1n) is 6.82. The lowest BCUT2D eigenvalue weighted by atomic mass is 9.92. The topological polar surface area (TPSA) is 41.3 Å². The zero-order valence-corrected chi connectivity index (χ0v) is 12.8. The molecule has 0 atom stereocenters. The van der Waals surface area contributed by atoms with Gasteiger partial charge in [-0.3, -0.25) is 4.90 Å². The van der Waals surface area contributed by atoms with Gasteiger partial charge in [-0.05, 0) is 39.2 Å². The number of hydrogen-bond donors (Lipinski definition) is 2. The standard InChI is InChI=1S/C14H33N3/c1-13(2,3)7-9-16-10-12-17(11-8-15)14(4,5)6/h16H,7-12,15H2,1-6H3. The highest BCUT2D eigenvalue weighted by atomic mass is 15.2. The highest BCUT2D eigenvalue weighted by Crippen LogP contribution is 2.17. The van der Waals surface area contributed by atoms with E-state index >= 15 is 0 Å². The maximum Gasteiger partial charge on any atom is 0.0126 e. The Morgan fingerprint density at radius 2 is 1.53 bits per heavy atom. The van der Waals surface area contributed by atoms with Crippen molar-refractivity contribution in [2.45, 2.75) is 53.5 Å². The van der Waals surface area contributed by atoms with E-state index in [2.05, 4.69) is 51.8 Å². The minimum atomic E-state index is 0.213. The van der Waals surface area contributed by atoms with Crippen molar-refractivity contribution in [2.75, 3.05) is 32.7 Å². The molecule has 3 nitrogen and oxygen atoms in total. The Bertz CT molecular complexity index is 189. The minimum Gasteiger partial charge on any atom is -0.329 e. The molecule has 0 aromatic carbocycles. The normalized spacial score (nSPS) is 13.4. The van der Waals surface area contributed by atoms with E-state index in [0.29, 0.717) is 5.41 Å². The average molecular weight is 243 g/mol. The van der Waals surface area contributed by atoms with E-state index in [1.807, 2.05) is 0 Å². The van der Waals surface area contributed by atoms with Crippen LogP contribution in [0.5, 0.6) is 0 Å². The molecule has 0 rings (SSSR count). The molecular weight excluding hydrogens is 210 g/mol. The summed E-state index contributed by atoms with van der Waals surface area (Å²) in [5.74, 6) is 0. The molecule has 0 aliphatic heterocycles. The summed E-state index contributed by atoms with van der Waals surface area (Å²) < 4.78 is 0. The number of nitrogens with one attached hydrogen (secondary N) is 1. The summed E-state index contributed by atoms with van der Waals surface area (Å²) in [5, 5.41) is 3.52. The van der Waals surface area contributed by atoms with Crippen LogP contribution in [0.1, 0.15) is 48.0 Å². The van der Waals surface area contributed by atoms with Gasteiger partial charge >= 0.3 is 0 Å². The summed E-state index contributed by atoms with van der Waals surface area (Å²) in [4.78, 5) is 2.44. The molecule has 0 heterocycles. The van der Waals surface area contributed by atoms with Gasteiger partial charge in [-0.1, -0.05) is 20.8 Å². The van der Waals surface area contributed by atoms with E-state index in [1.165, 1.54) is 6.42 Å². The zero-order valence-electron chi connectivity index (χ0n) is 12.8. The minimum absolute atomic E-state index is 0.213. The molecule has 17 heavy (non-hydrogen) atoms. The third-order valence-electron chi connectivity index (χ3n) is 2.96. The predicted octanol–water partition coefficient (Wildman–Crippen LogP) is 2.07. The first kappa shape index (κ1) is 16.9. The Kier molecular flexibility index (Phi) is 7.29. The van der Waals surface area contributed by atoms with E-state index in [9.17, 15) is 0 Å². The van der Waals surface area contributed by atoms with Crippen molar-refractivity contribution in [1.29, 1.82) is 0 Å². The Morgan fingerprint density at radius 3 is 1.94 bits per heavy atom. The van der Waals surface area contributed by atoms with Crippen LogP contribution in [0.2, 0.25) is 0 Å². The molecular formula is C14H33N3. The molecule has 0 radical (unpaired) electrons. The van der Waals surface area contributed by atoms with Crippen molar-refractivity contribution in [2.24, 2.45) is 11.1 Å². The van der Waals surface area contributed by atoms with Crippen LogP contribution in [-0.2, 0) is 0 Å². The van der Waals surface area contributed by atoms with Crippen LogP contribution in [0, 0.1) is 5.41 Å². The largest absolute Gasteiger partial charge is 0.329 e. The third kappa shape index (κ3) is 9.57. The van der Waals surface area contributed by atoms with E-state index in [-0.39, 0.29) is 5.54 Å². The van der Waals surface area contributed by atoms with E-state index in [1.54, 1.807) is 0 Å². The third-order valence-corrected chi connectivity index (χ3v) is 2.96. The molecule has 0 aromatic heterocycles. The monoisotopic (exact) mass is 243 g/mol. The Balaban J connectivity index is 3.77. The Labute approximate surface area is 108 Å². The van der Waals surface area contributed by atoms with Gasteiger partial charge in [0.25, 0.3) is 0 Å². The second kappa shape index (κ2) is 7.34. The highest BCUT2D eigenvalue weighted by Gasteiger charge is 2.19.